The second kappa shape index (κ2) is 10.6. The van der Waals surface area contributed by atoms with Crippen molar-refractivity contribution in [1.82, 2.24) is 9.80 Å². The molecule has 0 saturated carbocycles. The first-order valence-electron chi connectivity index (χ1n) is 10.3. The van der Waals surface area contributed by atoms with Gasteiger partial charge in [0.25, 0.3) is 0 Å². The fraction of sp³-hybridized carbons (Fsp3) is 0.478. The molecule has 2 amide bonds. The number of carbonyl (C=O) groups is 2. The summed E-state index contributed by atoms with van der Waals surface area (Å²) >= 11 is 1.73. The molecule has 0 N–H and O–H groups in total. The van der Waals surface area contributed by atoms with Crippen molar-refractivity contribution in [2.45, 2.75) is 32.7 Å². The van der Waals surface area contributed by atoms with Gasteiger partial charge in [0.1, 0.15) is 19.0 Å². The van der Waals surface area contributed by atoms with Crippen LogP contribution in [0.3, 0.4) is 0 Å². The minimum absolute atomic E-state index is 0.0120. The number of aryl methyl sites for hydroxylation is 1. The van der Waals surface area contributed by atoms with Crippen LogP contribution in [-0.4, -0.2) is 61.6 Å². The Kier molecular flexibility index (Phi) is 7.87. The van der Waals surface area contributed by atoms with Crippen molar-refractivity contribution < 1.29 is 19.1 Å². The highest BCUT2D eigenvalue weighted by Crippen LogP contribution is 2.34. The van der Waals surface area contributed by atoms with E-state index in [4.69, 9.17) is 9.47 Å². The van der Waals surface area contributed by atoms with Crippen molar-refractivity contribution in [2.24, 2.45) is 0 Å². The highest BCUT2D eigenvalue weighted by molar-refractivity contribution is 7.10. The number of carbonyl (C=O) groups excluding carboxylic acids is 2. The quantitative estimate of drug-likeness (QED) is 0.611. The Morgan fingerprint density at radius 3 is 2.70 bits per heavy atom. The van der Waals surface area contributed by atoms with Crippen LogP contribution in [0.25, 0.3) is 0 Å². The van der Waals surface area contributed by atoms with Crippen molar-refractivity contribution in [3.63, 3.8) is 0 Å². The maximum atomic E-state index is 13.2. The summed E-state index contributed by atoms with van der Waals surface area (Å²) in [4.78, 5) is 30.3. The third-order valence-corrected chi connectivity index (χ3v) is 6.28. The number of rotatable bonds is 9. The Morgan fingerprint density at radius 2 is 2.00 bits per heavy atom. The van der Waals surface area contributed by atoms with E-state index >= 15 is 0 Å². The molecule has 0 fully saturated rings. The first-order valence-corrected chi connectivity index (χ1v) is 11.2. The van der Waals surface area contributed by atoms with Gasteiger partial charge in [-0.25, -0.2) is 0 Å². The zero-order chi connectivity index (χ0) is 21.5. The van der Waals surface area contributed by atoms with Crippen LogP contribution in [0.2, 0.25) is 0 Å². The standard InChI is InChI=1S/C23H30N2O4S/c1-4-11-24(23(27)16-28-3)14-22(26)25-12-9-21-19(10-13-30-21)20(25)15-29-18-7-5-17(2)6-8-18/h5-8,10,13,20H,4,9,11-12,14-16H2,1-3H3. The second-order valence-electron chi connectivity index (χ2n) is 7.52. The van der Waals surface area contributed by atoms with Crippen LogP contribution in [0.15, 0.2) is 35.7 Å². The van der Waals surface area contributed by atoms with Crippen LogP contribution in [0.1, 0.15) is 35.4 Å². The molecule has 1 aromatic carbocycles. The van der Waals surface area contributed by atoms with Gasteiger partial charge in [0.05, 0.1) is 12.6 Å². The van der Waals surface area contributed by atoms with Crippen molar-refractivity contribution in [1.29, 1.82) is 0 Å². The van der Waals surface area contributed by atoms with E-state index in [1.807, 2.05) is 43.0 Å². The molecular weight excluding hydrogens is 400 g/mol. The number of nitrogens with zero attached hydrogens (tertiary/aromatic N) is 2. The van der Waals surface area contributed by atoms with E-state index < -0.39 is 0 Å². The van der Waals surface area contributed by atoms with Crippen LogP contribution in [-0.2, 0) is 20.7 Å². The van der Waals surface area contributed by atoms with Crippen LogP contribution < -0.4 is 4.74 Å². The largest absolute Gasteiger partial charge is 0.491 e. The summed E-state index contributed by atoms with van der Waals surface area (Å²) in [6.45, 7) is 5.64. The van der Waals surface area contributed by atoms with Crippen LogP contribution >= 0.6 is 11.3 Å². The van der Waals surface area contributed by atoms with Crippen LogP contribution in [0, 0.1) is 6.92 Å². The van der Waals surface area contributed by atoms with Gasteiger partial charge in [-0.15, -0.1) is 11.3 Å². The maximum Gasteiger partial charge on any atom is 0.249 e. The molecule has 2 aromatic rings. The Balaban J connectivity index is 1.74. The highest BCUT2D eigenvalue weighted by atomic mass is 32.1. The van der Waals surface area contributed by atoms with E-state index in [9.17, 15) is 9.59 Å². The minimum atomic E-state index is -0.159. The summed E-state index contributed by atoms with van der Waals surface area (Å²) in [6.07, 6.45) is 1.62. The second-order valence-corrected chi connectivity index (χ2v) is 8.53. The molecule has 2 heterocycles. The molecule has 1 unspecified atom stereocenters. The van der Waals surface area contributed by atoms with Gasteiger partial charge in [-0.2, -0.15) is 0 Å². The number of amides is 2. The van der Waals surface area contributed by atoms with E-state index in [1.165, 1.54) is 17.6 Å². The SMILES string of the molecule is CCCN(CC(=O)N1CCc2sccc2C1COc1ccc(C)cc1)C(=O)COC. The zero-order valence-electron chi connectivity index (χ0n) is 17.9. The van der Waals surface area contributed by atoms with Gasteiger partial charge < -0.3 is 19.3 Å². The topological polar surface area (TPSA) is 59.1 Å². The first kappa shape index (κ1) is 22.3. The van der Waals surface area contributed by atoms with Gasteiger partial charge in [0.15, 0.2) is 0 Å². The minimum Gasteiger partial charge on any atom is -0.491 e. The van der Waals surface area contributed by atoms with E-state index in [0.29, 0.717) is 19.7 Å². The van der Waals surface area contributed by atoms with Crippen molar-refractivity contribution in [3.8, 4) is 5.75 Å². The summed E-state index contributed by atoms with van der Waals surface area (Å²) < 4.78 is 11.0. The lowest BCUT2D eigenvalue weighted by molar-refractivity contribution is -0.144. The fourth-order valence-electron chi connectivity index (χ4n) is 3.71. The van der Waals surface area contributed by atoms with Crippen molar-refractivity contribution in [3.05, 3.63) is 51.7 Å². The number of thiophene rings is 1. The Morgan fingerprint density at radius 1 is 1.23 bits per heavy atom. The summed E-state index contributed by atoms with van der Waals surface area (Å²) in [5.74, 6) is 0.578. The lowest BCUT2D eigenvalue weighted by atomic mass is 10.0. The highest BCUT2D eigenvalue weighted by Gasteiger charge is 2.33. The average molecular weight is 431 g/mol. The molecule has 0 spiro atoms. The molecule has 1 aliphatic heterocycles. The molecule has 30 heavy (non-hydrogen) atoms. The summed E-state index contributed by atoms with van der Waals surface area (Å²) in [5, 5.41) is 2.07. The van der Waals surface area contributed by atoms with Crippen molar-refractivity contribution in [2.75, 3.05) is 40.0 Å². The molecule has 0 bridgehead atoms. The number of hydrogen-bond donors (Lipinski definition) is 0. The van der Waals surface area contributed by atoms with Gasteiger partial charge in [0, 0.05) is 25.1 Å². The Hall–Kier alpha value is -2.38. The monoisotopic (exact) mass is 430 g/mol. The Labute approximate surface area is 182 Å². The lowest BCUT2D eigenvalue weighted by Gasteiger charge is -2.37. The molecule has 1 atom stereocenters. The van der Waals surface area contributed by atoms with Gasteiger partial charge in [-0.05, 0) is 48.9 Å². The third-order valence-electron chi connectivity index (χ3n) is 5.28. The van der Waals surface area contributed by atoms with Crippen molar-refractivity contribution >= 4 is 23.2 Å². The molecule has 7 heteroatoms. The first-order chi connectivity index (χ1) is 14.5. The average Bonchev–Trinajstić information content (AvgIpc) is 3.22. The zero-order valence-corrected chi connectivity index (χ0v) is 18.7. The van der Waals surface area contributed by atoms with E-state index in [2.05, 4.69) is 11.4 Å². The summed E-state index contributed by atoms with van der Waals surface area (Å²) in [5.41, 5.74) is 2.32. The van der Waals surface area contributed by atoms with Gasteiger partial charge in [-0.1, -0.05) is 24.6 Å². The summed E-state index contributed by atoms with van der Waals surface area (Å²) in [6, 6.07) is 9.85. The van der Waals surface area contributed by atoms with Gasteiger partial charge in [-0.3, -0.25) is 9.59 Å². The molecule has 1 aliphatic rings. The molecule has 0 radical (unpaired) electrons. The lowest BCUT2D eigenvalue weighted by Crippen LogP contribution is -2.48. The van der Waals surface area contributed by atoms with E-state index in [-0.39, 0.29) is 31.0 Å². The predicted molar refractivity (Wildman–Crippen MR) is 118 cm³/mol. The molecule has 0 aliphatic carbocycles. The smallest absolute Gasteiger partial charge is 0.249 e. The number of ether oxygens (including phenoxy) is 2. The Bertz CT molecular complexity index is 849. The van der Waals surface area contributed by atoms with E-state index in [1.54, 1.807) is 16.2 Å². The van der Waals surface area contributed by atoms with Gasteiger partial charge in [0.2, 0.25) is 11.8 Å². The number of hydrogen-bond acceptors (Lipinski definition) is 5. The molecule has 6 nitrogen and oxygen atoms in total. The normalized spacial score (nSPS) is 15.6. The summed E-state index contributed by atoms with van der Waals surface area (Å²) in [7, 11) is 1.49. The fourth-order valence-corrected chi connectivity index (χ4v) is 4.64. The number of methoxy groups -OCH3 is 1. The molecule has 162 valence electrons. The number of fused-ring (bicyclic) bond motifs is 1. The molecule has 1 aromatic heterocycles. The predicted octanol–water partition coefficient (Wildman–Crippen LogP) is 3.45. The van der Waals surface area contributed by atoms with E-state index in [0.717, 1.165) is 24.2 Å². The third kappa shape index (κ3) is 5.40. The molecular formula is C23H30N2O4S. The van der Waals surface area contributed by atoms with Gasteiger partial charge >= 0.3 is 0 Å². The number of benzene rings is 1. The maximum absolute atomic E-state index is 13.2. The molecule has 3 rings (SSSR count). The van der Waals surface area contributed by atoms with Crippen LogP contribution in [0.4, 0.5) is 0 Å². The van der Waals surface area contributed by atoms with Crippen LogP contribution in [0.5, 0.6) is 5.75 Å². The molecule has 0 saturated heterocycles.